The molecule has 21 heavy (non-hydrogen) atoms. The minimum atomic E-state index is 0.0328. The molecule has 4 aromatic rings. The zero-order valence-electron chi connectivity index (χ0n) is 11.0. The van der Waals surface area contributed by atoms with Gasteiger partial charge in [0.1, 0.15) is 0 Å². The highest BCUT2D eigenvalue weighted by Gasteiger charge is 2.25. The second kappa shape index (κ2) is 5.52. The summed E-state index contributed by atoms with van der Waals surface area (Å²) in [5, 5.41) is 2.84. The van der Waals surface area contributed by atoms with Crippen molar-refractivity contribution < 1.29 is 0 Å². The van der Waals surface area contributed by atoms with Crippen LogP contribution in [0.1, 0.15) is 0 Å². The first-order chi connectivity index (χ1) is 10.3. The van der Waals surface area contributed by atoms with Gasteiger partial charge in [-0.3, -0.25) is 0 Å². The van der Waals surface area contributed by atoms with Gasteiger partial charge in [0.05, 0.1) is 5.39 Å². The lowest BCUT2D eigenvalue weighted by Crippen LogP contribution is -1.79. The molecule has 1 atom stereocenters. The zero-order valence-corrected chi connectivity index (χ0v) is 16.1. The second-order valence-electron chi connectivity index (χ2n) is 4.85. The second-order valence-corrected chi connectivity index (χ2v) is 9.05. The van der Waals surface area contributed by atoms with Crippen molar-refractivity contribution in [2.45, 2.75) is 0 Å². The highest BCUT2D eigenvalue weighted by molar-refractivity contribution is 14.1. The fraction of sp³-hybridized carbons (Fsp3) is 0. The van der Waals surface area contributed by atoms with Gasteiger partial charge in [0.15, 0.2) is 14.3 Å². The average Bonchev–Trinajstić information content (AvgIpc) is 2.87. The third-order valence-electron chi connectivity index (χ3n) is 3.63. The first-order valence-corrected chi connectivity index (χ1v) is 10.0. The summed E-state index contributed by atoms with van der Waals surface area (Å²) < 4.78 is 5.63. The number of hydrogen-bond donors (Lipinski definition) is 0. The summed E-state index contributed by atoms with van der Waals surface area (Å²) in [5.74, 6) is 0. The number of fused-ring (bicyclic) bond motifs is 3. The summed E-state index contributed by atoms with van der Waals surface area (Å²) >= 11 is 4.93. The predicted molar refractivity (Wildman–Crippen MR) is 111 cm³/mol. The van der Waals surface area contributed by atoms with Gasteiger partial charge in [-0.15, -0.1) is 0 Å². The van der Waals surface area contributed by atoms with Crippen LogP contribution in [-0.2, 0) is 0 Å². The van der Waals surface area contributed by atoms with Crippen molar-refractivity contribution in [3.8, 4) is 4.90 Å². The summed E-state index contributed by atoms with van der Waals surface area (Å²) in [6, 6.07) is 24.3. The van der Waals surface area contributed by atoms with Crippen LogP contribution in [0.4, 0.5) is 0 Å². The normalized spacial score (nSPS) is 12.2. The minimum absolute atomic E-state index is 0.0328. The number of benzene rings is 3. The number of rotatable bonds is 1. The zero-order chi connectivity index (χ0) is 14.4. The molecule has 0 radical (unpaired) electrons. The quantitative estimate of drug-likeness (QED) is 0.191. The van der Waals surface area contributed by atoms with Crippen molar-refractivity contribution in [2.75, 3.05) is 0 Å². The molecule has 1 aromatic heterocycles. The standard InChI is InChI=1S/C18H11I2S/c19-14-10-11-16-17(18(14)20)13-8-4-5-9-15(13)21(16)12-6-2-1-3-7-12/h1-11H/q+1. The monoisotopic (exact) mass is 513 g/mol. The Balaban J connectivity index is 2.26. The number of thiophene rings is 1. The molecule has 4 rings (SSSR count). The summed E-state index contributed by atoms with van der Waals surface area (Å²) in [4.78, 5) is 1.40. The van der Waals surface area contributed by atoms with E-state index in [4.69, 9.17) is 0 Å². The first kappa shape index (κ1) is 14.0. The maximum absolute atomic E-state index is 2.49. The Hall–Kier alpha value is -0.660. The van der Waals surface area contributed by atoms with Crippen LogP contribution in [0, 0.1) is 7.14 Å². The number of hydrogen-bond acceptors (Lipinski definition) is 0. The van der Waals surface area contributed by atoms with Crippen LogP contribution in [0.5, 0.6) is 0 Å². The van der Waals surface area contributed by atoms with Crippen LogP contribution in [0.25, 0.3) is 25.1 Å². The van der Waals surface area contributed by atoms with E-state index in [1.165, 1.54) is 32.2 Å². The third-order valence-corrected chi connectivity index (χ3v) is 9.00. The Morgan fingerprint density at radius 2 is 1.38 bits per heavy atom. The smallest absolute Gasteiger partial charge is 0.0619 e. The van der Waals surface area contributed by atoms with Gasteiger partial charge in [0.2, 0.25) is 0 Å². The molecule has 1 unspecified atom stereocenters. The third kappa shape index (κ3) is 2.21. The lowest BCUT2D eigenvalue weighted by atomic mass is 10.2. The molecule has 0 fully saturated rings. The van der Waals surface area contributed by atoms with Crippen LogP contribution < -0.4 is 0 Å². The molecule has 102 valence electrons. The van der Waals surface area contributed by atoms with E-state index in [0.29, 0.717) is 0 Å². The molecule has 0 saturated carbocycles. The minimum Gasteiger partial charge on any atom is -0.0619 e. The van der Waals surface area contributed by atoms with Gasteiger partial charge < -0.3 is 0 Å². The van der Waals surface area contributed by atoms with E-state index in [1.807, 2.05) is 0 Å². The van der Waals surface area contributed by atoms with Gasteiger partial charge >= 0.3 is 0 Å². The Kier molecular flexibility index (Phi) is 3.67. The average molecular weight is 513 g/mol. The van der Waals surface area contributed by atoms with Crippen molar-refractivity contribution in [2.24, 2.45) is 0 Å². The molecule has 1 heterocycles. The fourth-order valence-corrected chi connectivity index (χ4v) is 6.53. The molecule has 0 saturated heterocycles. The maximum atomic E-state index is 2.49. The van der Waals surface area contributed by atoms with Gasteiger partial charge in [-0.2, -0.15) is 0 Å². The maximum Gasteiger partial charge on any atom is 0.188 e. The molecule has 3 heteroatoms. The summed E-state index contributed by atoms with van der Waals surface area (Å²) in [6.07, 6.45) is 0. The van der Waals surface area contributed by atoms with Crippen molar-refractivity contribution in [3.05, 3.63) is 73.9 Å². The van der Waals surface area contributed by atoms with Gasteiger partial charge in [-0.25, -0.2) is 0 Å². The van der Waals surface area contributed by atoms with Crippen LogP contribution in [0.15, 0.2) is 66.7 Å². The van der Waals surface area contributed by atoms with Gasteiger partial charge in [-0.1, -0.05) is 30.3 Å². The van der Waals surface area contributed by atoms with E-state index in [-0.39, 0.29) is 10.5 Å². The van der Waals surface area contributed by atoms with Gasteiger partial charge in [0.25, 0.3) is 0 Å². The van der Waals surface area contributed by atoms with Crippen LogP contribution >= 0.6 is 55.7 Å². The summed E-state index contributed by atoms with van der Waals surface area (Å²) in [5.41, 5.74) is 0. The Bertz CT molecular complexity index is 955. The van der Waals surface area contributed by atoms with E-state index in [0.717, 1.165) is 0 Å². The largest absolute Gasteiger partial charge is 0.188 e. The summed E-state index contributed by atoms with van der Waals surface area (Å²) in [6.45, 7) is 0. The fourth-order valence-electron chi connectivity index (χ4n) is 2.73. The molecule has 0 aliphatic rings. The molecule has 0 aliphatic carbocycles. The Morgan fingerprint density at radius 1 is 0.667 bits per heavy atom. The molecule has 0 spiro atoms. The lowest BCUT2D eigenvalue weighted by Gasteiger charge is -1.96. The molecular formula is C18H11I2S+. The SMILES string of the molecule is Ic1ccc2c(c1I)c1ccccc1[s+]2-c1ccccc1. The lowest BCUT2D eigenvalue weighted by molar-refractivity contribution is 1.69. The van der Waals surface area contributed by atoms with E-state index in [9.17, 15) is 0 Å². The molecule has 0 bridgehead atoms. The molecule has 0 N–H and O–H groups in total. The van der Waals surface area contributed by atoms with Crippen LogP contribution in [0.2, 0.25) is 0 Å². The van der Waals surface area contributed by atoms with Crippen molar-refractivity contribution in [1.29, 1.82) is 0 Å². The summed E-state index contributed by atoms with van der Waals surface area (Å²) in [7, 11) is 0.0328. The van der Waals surface area contributed by atoms with Crippen molar-refractivity contribution in [1.82, 2.24) is 0 Å². The van der Waals surface area contributed by atoms with E-state index in [1.54, 1.807) is 0 Å². The molecule has 0 aliphatic heterocycles. The van der Waals surface area contributed by atoms with Gasteiger partial charge in [0, 0.05) is 29.1 Å². The molecule has 0 amide bonds. The van der Waals surface area contributed by atoms with Crippen LogP contribution in [-0.4, -0.2) is 0 Å². The molecule has 3 aromatic carbocycles. The van der Waals surface area contributed by atoms with E-state index >= 15 is 0 Å². The Labute approximate surface area is 153 Å². The van der Waals surface area contributed by atoms with Crippen LogP contribution in [0.3, 0.4) is 0 Å². The molecular weight excluding hydrogens is 502 g/mol. The topological polar surface area (TPSA) is 0 Å². The van der Waals surface area contributed by atoms with Crippen molar-refractivity contribution in [3.63, 3.8) is 0 Å². The van der Waals surface area contributed by atoms with Gasteiger partial charge in [-0.05, 0) is 75.5 Å². The predicted octanol–water partition coefficient (Wildman–Crippen LogP) is 6.94. The Morgan fingerprint density at radius 3 is 2.19 bits per heavy atom. The highest BCUT2D eigenvalue weighted by atomic mass is 127. The molecule has 0 nitrogen and oxygen atoms in total. The van der Waals surface area contributed by atoms with E-state index < -0.39 is 0 Å². The number of halogens is 2. The van der Waals surface area contributed by atoms with Crippen molar-refractivity contribution >= 4 is 75.8 Å². The van der Waals surface area contributed by atoms with E-state index in [2.05, 4.69) is 112 Å². The highest BCUT2D eigenvalue weighted by Crippen LogP contribution is 2.49. The first-order valence-electron chi connectivity index (χ1n) is 6.64.